The SMILES string of the molecule is CC/C=C\C/C=C\C/C=C\C/C=C\C/C=C\CCCCCCCCCCCC(=O)OC(CO)COC(=O)CCCCCCCCCCCCCCCCCCCCCCCCCCCCC. The number of aliphatic hydroxyl groups excluding tert-OH is 1. The van der Waals surface area contributed by atoms with E-state index in [1.54, 1.807) is 0 Å². The molecule has 0 aromatic carbocycles. The van der Waals surface area contributed by atoms with Crippen LogP contribution in [0.15, 0.2) is 60.8 Å². The van der Waals surface area contributed by atoms with Crippen molar-refractivity contribution in [1.82, 2.24) is 0 Å². The molecule has 0 amide bonds. The van der Waals surface area contributed by atoms with Gasteiger partial charge in [0.15, 0.2) is 6.10 Å². The highest BCUT2D eigenvalue weighted by Gasteiger charge is 2.16. The minimum Gasteiger partial charge on any atom is -0.462 e. The quantitative estimate of drug-likeness (QED) is 0.0374. The van der Waals surface area contributed by atoms with Crippen LogP contribution in [0.3, 0.4) is 0 Å². The van der Waals surface area contributed by atoms with Gasteiger partial charge >= 0.3 is 11.9 Å². The molecule has 0 fully saturated rings. The number of hydrogen-bond donors (Lipinski definition) is 1. The van der Waals surface area contributed by atoms with Gasteiger partial charge in [0.05, 0.1) is 6.61 Å². The van der Waals surface area contributed by atoms with Gasteiger partial charge in [-0.15, -0.1) is 0 Å². The summed E-state index contributed by atoms with van der Waals surface area (Å²) in [6, 6.07) is 0. The first-order chi connectivity index (χ1) is 32.6. The first-order valence-corrected chi connectivity index (χ1v) is 28.8. The molecular formula is C61H110O5. The van der Waals surface area contributed by atoms with Crippen molar-refractivity contribution >= 4 is 11.9 Å². The van der Waals surface area contributed by atoms with Gasteiger partial charge in [-0.2, -0.15) is 0 Å². The average molecular weight is 924 g/mol. The Balaban J connectivity index is 3.47. The largest absolute Gasteiger partial charge is 0.462 e. The van der Waals surface area contributed by atoms with Gasteiger partial charge in [-0.1, -0.05) is 286 Å². The van der Waals surface area contributed by atoms with Crippen LogP contribution in [0, 0.1) is 0 Å². The Labute approximate surface area is 411 Å². The Kier molecular flexibility index (Phi) is 54.9. The molecule has 5 heteroatoms. The molecule has 0 aromatic heterocycles. The van der Waals surface area contributed by atoms with Crippen molar-refractivity contribution in [2.24, 2.45) is 0 Å². The predicted octanol–water partition coefficient (Wildman–Crippen LogP) is 19.4. The summed E-state index contributed by atoms with van der Waals surface area (Å²) in [5.74, 6) is -0.586. The van der Waals surface area contributed by atoms with Gasteiger partial charge in [0.1, 0.15) is 6.61 Å². The minimum atomic E-state index is -0.777. The molecule has 0 rings (SSSR count). The monoisotopic (exact) mass is 923 g/mol. The summed E-state index contributed by atoms with van der Waals surface area (Å²) in [6.45, 7) is 4.06. The number of rotatable bonds is 53. The van der Waals surface area contributed by atoms with Crippen molar-refractivity contribution in [1.29, 1.82) is 0 Å². The Bertz CT molecular complexity index is 1130. The molecule has 0 spiro atoms. The standard InChI is InChI=1S/C61H110O5/c1-3-5-7-9-11-13-15-17-19-21-23-25-27-29-30-32-33-35-37-39-41-43-45-47-49-51-53-55-60(63)65-58-59(57-62)66-61(64)56-54-52-50-48-46-44-42-40-38-36-34-31-28-26-24-22-20-18-16-14-12-10-8-6-4-2/h6,8,12,14,18,20,24,26,31,34,59,62H,3-5,7,9-11,13,15-17,19,21-23,25,27-30,32-33,35-58H2,1-2H3/b8-6-,14-12-,20-18-,26-24-,34-31-. The number of ether oxygens (including phenoxy) is 2. The maximum absolute atomic E-state index is 12.3. The van der Waals surface area contributed by atoms with Gasteiger partial charge in [0.2, 0.25) is 0 Å². The van der Waals surface area contributed by atoms with Gasteiger partial charge < -0.3 is 14.6 Å². The van der Waals surface area contributed by atoms with E-state index in [1.165, 1.54) is 199 Å². The van der Waals surface area contributed by atoms with E-state index in [0.29, 0.717) is 12.8 Å². The van der Waals surface area contributed by atoms with Crippen LogP contribution in [0.25, 0.3) is 0 Å². The summed E-state index contributed by atoms with van der Waals surface area (Å²) in [4.78, 5) is 24.5. The smallest absolute Gasteiger partial charge is 0.306 e. The van der Waals surface area contributed by atoms with E-state index < -0.39 is 6.10 Å². The fourth-order valence-electron chi connectivity index (χ4n) is 8.53. The zero-order valence-corrected chi connectivity index (χ0v) is 44.0. The van der Waals surface area contributed by atoms with Crippen molar-refractivity contribution in [2.45, 2.75) is 302 Å². The third kappa shape index (κ3) is 54.2. The van der Waals surface area contributed by atoms with Gasteiger partial charge in [0.25, 0.3) is 0 Å². The second kappa shape index (κ2) is 56.9. The topological polar surface area (TPSA) is 72.8 Å². The summed E-state index contributed by atoms with van der Waals surface area (Å²) in [6.07, 6.45) is 76.3. The van der Waals surface area contributed by atoms with E-state index in [1.807, 2.05) is 0 Å². The predicted molar refractivity (Wildman–Crippen MR) is 288 cm³/mol. The van der Waals surface area contributed by atoms with E-state index in [-0.39, 0.29) is 25.2 Å². The highest BCUT2D eigenvalue weighted by Crippen LogP contribution is 2.17. The average Bonchev–Trinajstić information content (AvgIpc) is 3.32. The Hall–Kier alpha value is -2.40. The lowest BCUT2D eigenvalue weighted by atomic mass is 10.0. The number of aliphatic hydroxyl groups is 1. The normalized spacial score (nSPS) is 12.6. The van der Waals surface area contributed by atoms with Crippen molar-refractivity contribution in [2.75, 3.05) is 13.2 Å². The van der Waals surface area contributed by atoms with Crippen LogP contribution < -0.4 is 0 Å². The van der Waals surface area contributed by atoms with Crippen molar-refractivity contribution < 1.29 is 24.2 Å². The first kappa shape index (κ1) is 63.6. The van der Waals surface area contributed by atoms with Gasteiger partial charge in [-0.3, -0.25) is 9.59 Å². The molecule has 0 aromatic rings. The van der Waals surface area contributed by atoms with E-state index >= 15 is 0 Å². The molecule has 1 atom stereocenters. The minimum absolute atomic E-state index is 0.0666. The summed E-state index contributed by atoms with van der Waals surface area (Å²) >= 11 is 0. The molecule has 0 aliphatic heterocycles. The van der Waals surface area contributed by atoms with E-state index in [2.05, 4.69) is 74.6 Å². The van der Waals surface area contributed by atoms with E-state index in [0.717, 1.165) is 70.6 Å². The summed E-state index contributed by atoms with van der Waals surface area (Å²) in [5.41, 5.74) is 0. The molecule has 0 radical (unpaired) electrons. The van der Waals surface area contributed by atoms with Gasteiger partial charge in [-0.25, -0.2) is 0 Å². The molecule has 0 aliphatic rings. The first-order valence-electron chi connectivity index (χ1n) is 28.8. The van der Waals surface area contributed by atoms with Crippen molar-refractivity contribution in [3.63, 3.8) is 0 Å². The molecule has 0 aliphatic carbocycles. The zero-order chi connectivity index (χ0) is 47.7. The van der Waals surface area contributed by atoms with Crippen LogP contribution in [0.5, 0.6) is 0 Å². The molecule has 0 saturated carbocycles. The highest BCUT2D eigenvalue weighted by molar-refractivity contribution is 5.70. The van der Waals surface area contributed by atoms with Gasteiger partial charge in [-0.05, 0) is 57.8 Å². The Morgan fingerprint density at radius 1 is 0.364 bits per heavy atom. The van der Waals surface area contributed by atoms with Gasteiger partial charge in [0, 0.05) is 12.8 Å². The number of esters is 2. The van der Waals surface area contributed by atoms with Crippen LogP contribution >= 0.6 is 0 Å². The van der Waals surface area contributed by atoms with Crippen LogP contribution in [-0.2, 0) is 19.1 Å². The second-order valence-corrected chi connectivity index (χ2v) is 19.3. The number of carbonyl (C=O) groups excluding carboxylic acids is 2. The fourth-order valence-corrected chi connectivity index (χ4v) is 8.53. The maximum Gasteiger partial charge on any atom is 0.306 e. The summed E-state index contributed by atoms with van der Waals surface area (Å²) < 4.78 is 10.7. The molecule has 0 heterocycles. The van der Waals surface area contributed by atoms with Crippen molar-refractivity contribution in [3.05, 3.63) is 60.8 Å². The number of hydrogen-bond acceptors (Lipinski definition) is 5. The fraction of sp³-hybridized carbons (Fsp3) is 0.803. The number of carbonyl (C=O) groups is 2. The maximum atomic E-state index is 12.3. The molecule has 5 nitrogen and oxygen atoms in total. The molecule has 1 N–H and O–H groups in total. The molecule has 0 saturated heterocycles. The molecule has 1 unspecified atom stereocenters. The third-order valence-electron chi connectivity index (χ3n) is 12.8. The molecular weight excluding hydrogens is 813 g/mol. The third-order valence-corrected chi connectivity index (χ3v) is 12.8. The van der Waals surface area contributed by atoms with Crippen molar-refractivity contribution in [3.8, 4) is 0 Å². The zero-order valence-electron chi connectivity index (χ0n) is 44.0. The lowest BCUT2D eigenvalue weighted by Crippen LogP contribution is -2.28. The second-order valence-electron chi connectivity index (χ2n) is 19.3. The lowest BCUT2D eigenvalue weighted by molar-refractivity contribution is -0.161. The van der Waals surface area contributed by atoms with Crippen LogP contribution in [0.1, 0.15) is 296 Å². The number of unbranched alkanes of at least 4 members (excludes halogenated alkanes) is 35. The summed E-state index contributed by atoms with van der Waals surface area (Å²) in [7, 11) is 0. The summed E-state index contributed by atoms with van der Waals surface area (Å²) in [5, 5.41) is 9.66. The van der Waals surface area contributed by atoms with E-state index in [9.17, 15) is 14.7 Å². The highest BCUT2D eigenvalue weighted by atomic mass is 16.6. The molecule has 66 heavy (non-hydrogen) atoms. The number of allylic oxidation sites excluding steroid dienone is 10. The van der Waals surface area contributed by atoms with Crippen LogP contribution in [-0.4, -0.2) is 36.4 Å². The van der Waals surface area contributed by atoms with Crippen LogP contribution in [0.4, 0.5) is 0 Å². The Morgan fingerprint density at radius 3 is 0.985 bits per heavy atom. The van der Waals surface area contributed by atoms with E-state index in [4.69, 9.17) is 9.47 Å². The Morgan fingerprint density at radius 2 is 0.652 bits per heavy atom. The van der Waals surface area contributed by atoms with Crippen LogP contribution in [0.2, 0.25) is 0 Å². The molecule has 384 valence electrons. The lowest BCUT2D eigenvalue weighted by Gasteiger charge is -2.15. The molecule has 0 bridgehead atoms.